The summed E-state index contributed by atoms with van der Waals surface area (Å²) in [6.07, 6.45) is 4.76. The van der Waals surface area contributed by atoms with Crippen molar-refractivity contribution in [1.29, 1.82) is 0 Å². The van der Waals surface area contributed by atoms with Gasteiger partial charge < -0.3 is 10.1 Å². The van der Waals surface area contributed by atoms with Crippen molar-refractivity contribution < 1.29 is 4.74 Å². The summed E-state index contributed by atoms with van der Waals surface area (Å²) >= 11 is 3.40. The third kappa shape index (κ3) is 3.16. The lowest BCUT2D eigenvalue weighted by molar-refractivity contribution is 0.182. The number of rotatable bonds is 4. The van der Waals surface area contributed by atoms with Gasteiger partial charge in [0.25, 0.3) is 0 Å². The molecule has 0 saturated carbocycles. The zero-order chi connectivity index (χ0) is 13.8. The molecule has 2 unspecified atom stereocenters. The Morgan fingerprint density at radius 2 is 2.25 bits per heavy atom. The zero-order valence-electron chi connectivity index (χ0n) is 11.0. The average Bonchev–Trinajstić information content (AvgIpc) is 3.00. The van der Waals surface area contributed by atoms with Crippen LogP contribution in [0.2, 0.25) is 0 Å². The molecule has 0 amide bonds. The van der Waals surface area contributed by atoms with Gasteiger partial charge in [0.2, 0.25) is 0 Å². The van der Waals surface area contributed by atoms with Crippen LogP contribution in [0.3, 0.4) is 0 Å². The van der Waals surface area contributed by atoms with Crippen LogP contribution >= 0.6 is 15.9 Å². The molecule has 0 bridgehead atoms. The lowest BCUT2D eigenvalue weighted by Crippen LogP contribution is -2.22. The van der Waals surface area contributed by atoms with Crippen LogP contribution in [0.1, 0.15) is 18.0 Å². The zero-order valence-corrected chi connectivity index (χ0v) is 12.6. The van der Waals surface area contributed by atoms with E-state index in [2.05, 4.69) is 37.3 Å². The van der Waals surface area contributed by atoms with Gasteiger partial charge >= 0.3 is 0 Å². The number of anilines is 1. The summed E-state index contributed by atoms with van der Waals surface area (Å²) in [5.41, 5.74) is 1.17. The number of nitrogens with one attached hydrogen (secondary N) is 1. The van der Waals surface area contributed by atoms with Crippen LogP contribution < -0.4 is 5.32 Å². The smallest absolute Gasteiger partial charge is 0.127 e. The van der Waals surface area contributed by atoms with E-state index in [9.17, 15) is 0 Å². The molecular weight excluding hydrogens is 318 g/mol. The van der Waals surface area contributed by atoms with Gasteiger partial charge in [-0.15, -0.1) is 0 Å². The predicted molar refractivity (Wildman–Crippen MR) is 81.5 cm³/mol. The van der Waals surface area contributed by atoms with E-state index in [4.69, 9.17) is 4.74 Å². The first-order chi connectivity index (χ1) is 9.83. The maximum atomic E-state index is 5.53. The predicted octanol–water partition coefficient (Wildman–Crippen LogP) is 3.43. The lowest BCUT2D eigenvalue weighted by Gasteiger charge is -2.24. The van der Waals surface area contributed by atoms with Crippen molar-refractivity contribution in [3.05, 3.63) is 52.9 Å². The molecule has 2 aromatic rings. The standard InChI is InChI=1S/C15H16BrN3O/c16-13-4-1-5-14(18-13)19-15(12-6-8-20-10-12)11-3-2-7-17-9-11/h1-5,7,9,12,15H,6,8,10H2,(H,18,19). The molecule has 3 heterocycles. The van der Waals surface area contributed by atoms with E-state index >= 15 is 0 Å². The molecule has 104 valence electrons. The van der Waals surface area contributed by atoms with Crippen LogP contribution in [0.5, 0.6) is 0 Å². The van der Waals surface area contributed by atoms with Gasteiger partial charge in [-0.1, -0.05) is 12.1 Å². The van der Waals surface area contributed by atoms with Crippen molar-refractivity contribution in [2.75, 3.05) is 18.5 Å². The Kier molecular flexibility index (Phi) is 4.28. The fraction of sp³-hybridized carbons (Fsp3) is 0.333. The summed E-state index contributed by atoms with van der Waals surface area (Å²) in [6, 6.07) is 10.1. The van der Waals surface area contributed by atoms with Crippen molar-refractivity contribution in [3.63, 3.8) is 0 Å². The van der Waals surface area contributed by atoms with E-state index in [1.165, 1.54) is 5.56 Å². The largest absolute Gasteiger partial charge is 0.381 e. The van der Waals surface area contributed by atoms with Gasteiger partial charge in [0.1, 0.15) is 10.4 Å². The van der Waals surface area contributed by atoms with Crippen LogP contribution in [0, 0.1) is 5.92 Å². The molecule has 5 heteroatoms. The molecule has 2 atom stereocenters. The van der Waals surface area contributed by atoms with Crippen molar-refractivity contribution in [2.45, 2.75) is 12.5 Å². The monoisotopic (exact) mass is 333 g/mol. The molecule has 1 aliphatic heterocycles. The second kappa shape index (κ2) is 6.33. The number of nitrogens with zero attached hydrogens (tertiary/aromatic N) is 2. The number of halogens is 1. The first-order valence-electron chi connectivity index (χ1n) is 6.70. The topological polar surface area (TPSA) is 47.0 Å². The van der Waals surface area contributed by atoms with Gasteiger partial charge in [-0.25, -0.2) is 4.98 Å². The average molecular weight is 334 g/mol. The lowest BCUT2D eigenvalue weighted by atomic mass is 9.93. The first kappa shape index (κ1) is 13.5. The minimum absolute atomic E-state index is 0.174. The Morgan fingerprint density at radius 1 is 1.30 bits per heavy atom. The number of hydrogen-bond acceptors (Lipinski definition) is 4. The molecule has 3 rings (SSSR count). The van der Waals surface area contributed by atoms with E-state index < -0.39 is 0 Å². The van der Waals surface area contributed by atoms with E-state index in [0.717, 1.165) is 30.1 Å². The normalized spacial score (nSPS) is 19.8. The van der Waals surface area contributed by atoms with Crippen LogP contribution in [-0.2, 0) is 4.74 Å². The minimum atomic E-state index is 0.174. The number of aromatic nitrogens is 2. The highest BCUT2D eigenvalue weighted by Crippen LogP contribution is 2.31. The Hall–Kier alpha value is -1.46. The molecule has 1 aliphatic rings. The van der Waals surface area contributed by atoms with Crippen LogP contribution in [0.15, 0.2) is 47.3 Å². The van der Waals surface area contributed by atoms with Gasteiger partial charge in [-0.05, 0) is 46.1 Å². The molecule has 0 spiro atoms. The molecule has 0 aliphatic carbocycles. The Labute approximate surface area is 126 Å². The SMILES string of the molecule is Brc1cccc(NC(c2cccnc2)C2CCOC2)n1. The first-order valence-corrected chi connectivity index (χ1v) is 7.49. The maximum Gasteiger partial charge on any atom is 0.127 e. The van der Waals surface area contributed by atoms with Gasteiger partial charge in [0.15, 0.2) is 0 Å². The second-order valence-corrected chi connectivity index (χ2v) is 5.69. The van der Waals surface area contributed by atoms with Crippen molar-refractivity contribution >= 4 is 21.7 Å². The molecule has 0 aromatic carbocycles. The summed E-state index contributed by atoms with van der Waals surface area (Å²) in [5.74, 6) is 1.31. The highest BCUT2D eigenvalue weighted by atomic mass is 79.9. The molecule has 1 saturated heterocycles. The van der Waals surface area contributed by atoms with Crippen LogP contribution in [-0.4, -0.2) is 23.2 Å². The van der Waals surface area contributed by atoms with Crippen LogP contribution in [0.4, 0.5) is 5.82 Å². The second-order valence-electron chi connectivity index (χ2n) is 4.88. The highest BCUT2D eigenvalue weighted by Gasteiger charge is 2.27. The summed E-state index contributed by atoms with van der Waals surface area (Å²) in [7, 11) is 0. The Bertz CT molecular complexity index is 558. The fourth-order valence-corrected chi connectivity index (χ4v) is 2.84. The van der Waals surface area contributed by atoms with Gasteiger partial charge in [0.05, 0.1) is 12.6 Å². The van der Waals surface area contributed by atoms with Crippen LogP contribution in [0.25, 0.3) is 0 Å². The molecule has 1 N–H and O–H groups in total. The Morgan fingerprint density at radius 3 is 2.95 bits per heavy atom. The van der Waals surface area contributed by atoms with E-state index in [-0.39, 0.29) is 6.04 Å². The van der Waals surface area contributed by atoms with Crippen molar-refractivity contribution in [2.24, 2.45) is 5.92 Å². The molecule has 1 fully saturated rings. The maximum absolute atomic E-state index is 5.53. The fourth-order valence-electron chi connectivity index (χ4n) is 2.50. The quantitative estimate of drug-likeness (QED) is 0.871. The van der Waals surface area contributed by atoms with Crippen molar-refractivity contribution in [1.82, 2.24) is 9.97 Å². The summed E-state index contributed by atoms with van der Waals surface area (Å²) in [6.45, 7) is 1.61. The third-order valence-corrected chi connectivity index (χ3v) is 3.94. The van der Waals surface area contributed by atoms with Crippen molar-refractivity contribution in [3.8, 4) is 0 Å². The van der Waals surface area contributed by atoms with Gasteiger partial charge in [-0.2, -0.15) is 0 Å². The molecule has 0 radical (unpaired) electrons. The number of pyridine rings is 2. The van der Waals surface area contributed by atoms with E-state index in [1.807, 2.05) is 30.5 Å². The number of hydrogen-bond donors (Lipinski definition) is 1. The summed E-state index contributed by atoms with van der Waals surface area (Å²) < 4.78 is 6.36. The number of ether oxygens (including phenoxy) is 1. The van der Waals surface area contributed by atoms with E-state index in [1.54, 1.807) is 6.20 Å². The molecule has 4 nitrogen and oxygen atoms in total. The highest BCUT2D eigenvalue weighted by molar-refractivity contribution is 9.10. The third-order valence-electron chi connectivity index (χ3n) is 3.50. The van der Waals surface area contributed by atoms with Gasteiger partial charge in [-0.3, -0.25) is 4.98 Å². The summed E-state index contributed by atoms with van der Waals surface area (Å²) in [5, 5.41) is 3.52. The summed E-state index contributed by atoms with van der Waals surface area (Å²) in [4.78, 5) is 8.68. The molecular formula is C15H16BrN3O. The van der Waals surface area contributed by atoms with E-state index in [0.29, 0.717) is 5.92 Å². The van der Waals surface area contributed by atoms with Gasteiger partial charge in [0, 0.05) is 24.9 Å². The molecule has 2 aromatic heterocycles. The Balaban J connectivity index is 1.85. The minimum Gasteiger partial charge on any atom is -0.381 e. The molecule has 20 heavy (non-hydrogen) atoms.